The van der Waals surface area contributed by atoms with Gasteiger partial charge in [-0.05, 0) is 35.8 Å². The lowest BCUT2D eigenvalue weighted by Crippen LogP contribution is -2.48. The van der Waals surface area contributed by atoms with Crippen molar-refractivity contribution in [2.45, 2.75) is 0 Å². The van der Waals surface area contributed by atoms with E-state index < -0.39 is 5.91 Å². The molecule has 0 atom stereocenters. The van der Waals surface area contributed by atoms with Crippen LogP contribution >= 0.6 is 46.8 Å². The molecule has 1 aromatic heterocycles. The fraction of sp³-hybridized carbons (Fsp3) is 0.0714. The molecular formula is C14H11Cl2N3O3S2. The maximum absolute atomic E-state index is 12.3. The number of hydrogen-bond acceptors (Lipinski definition) is 5. The Morgan fingerprint density at radius 2 is 1.96 bits per heavy atom. The van der Waals surface area contributed by atoms with Gasteiger partial charge in [0.25, 0.3) is 11.8 Å². The Kier molecular flexibility index (Phi) is 6.38. The first-order valence-electron chi connectivity index (χ1n) is 6.40. The highest BCUT2D eigenvalue weighted by Gasteiger charge is 2.18. The van der Waals surface area contributed by atoms with E-state index in [9.17, 15) is 9.59 Å². The largest absolute Gasteiger partial charge is 0.494 e. The van der Waals surface area contributed by atoms with Gasteiger partial charge in [0.15, 0.2) is 5.11 Å². The zero-order valence-corrected chi connectivity index (χ0v) is 15.3. The average molecular weight is 404 g/mol. The summed E-state index contributed by atoms with van der Waals surface area (Å²) in [5.74, 6) is -0.784. The molecule has 0 saturated carbocycles. The molecule has 1 aromatic carbocycles. The van der Waals surface area contributed by atoms with Crippen molar-refractivity contribution in [3.8, 4) is 5.75 Å². The number of thiocarbonyl (C=S) groups is 1. The summed E-state index contributed by atoms with van der Waals surface area (Å²) in [6.45, 7) is 0. The number of hydrogen-bond donors (Lipinski definition) is 3. The average Bonchev–Trinajstić information content (AvgIpc) is 3.06. The van der Waals surface area contributed by atoms with Gasteiger partial charge >= 0.3 is 0 Å². The summed E-state index contributed by atoms with van der Waals surface area (Å²) in [5.41, 5.74) is 4.93. The summed E-state index contributed by atoms with van der Waals surface area (Å²) in [7, 11) is 1.38. The van der Waals surface area contributed by atoms with Gasteiger partial charge in [-0.25, -0.2) is 0 Å². The predicted octanol–water partition coefficient (Wildman–Crippen LogP) is 3.01. The number of ether oxygens (including phenoxy) is 1. The Bertz CT molecular complexity index is 782. The monoisotopic (exact) mass is 403 g/mol. The van der Waals surface area contributed by atoms with Gasteiger partial charge < -0.3 is 4.74 Å². The van der Waals surface area contributed by atoms with Crippen molar-refractivity contribution in [3.63, 3.8) is 0 Å². The molecule has 2 aromatic rings. The van der Waals surface area contributed by atoms with Crippen LogP contribution in [0.4, 0.5) is 0 Å². The second-order valence-corrected chi connectivity index (χ2v) is 6.51. The lowest BCUT2D eigenvalue weighted by atomic mass is 10.2. The number of methoxy groups -OCH3 is 1. The minimum absolute atomic E-state index is 0.0944. The standard InChI is InChI=1S/C14H11Cl2N3O3S2/c1-22-11-8(5-7(15)6-9(11)16)12(20)17-14(23)19-18-13(21)10-3-2-4-24-10/h2-6H,1H3,(H,18,21)(H2,17,19,20,23). The number of rotatable bonds is 3. The number of amides is 2. The minimum Gasteiger partial charge on any atom is -0.494 e. The van der Waals surface area contributed by atoms with Crippen molar-refractivity contribution in [2.75, 3.05) is 7.11 Å². The molecule has 0 aliphatic heterocycles. The van der Waals surface area contributed by atoms with Gasteiger partial charge in [-0.2, -0.15) is 0 Å². The number of nitrogens with one attached hydrogen (secondary N) is 3. The molecule has 6 nitrogen and oxygen atoms in total. The van der Waals surface area contributed by atoms with Crippen LogP contribution < -0.4 is 20.9 Å². The molecule has 0 aliphatic carbocycles. The molecule has 0 radical (unpaired) electrons. The summed E-state index contributed by atoms with van der Waals surface area (Å²) in [5, 5.41) is 4.54. The van der Waals surface area contributed by atoms with E-state index in [1.165, 1.54) is 30.6 Å². The third-order valence-electron chi connectivity index (χ3n) is 2.72. The van der Waals surface area contributed by atoms with Gasteiger partial charge in [0.1, 0.15) is 5.75 Å². The van der Waals surface area contributed by atoms with Crippen LogP contribution in [0.25, 0.3) is 0 Å². The first-order valence-corrected chi connectivity index (χ1v) is 8.45. The molecular weight excluding hydrogens is 393 g/mol. The lowest BCUT2D eigenvalue weighted by molar-refractivity contribution is 0.0937. The molecule has 0 fully saturated rings. The highest BCUT2D eigenvalue weighted by Crippen LogP contribution is 2.32. The predicted molar refractivity (Wildman–Crippen MR) is 98.0 cm³/mol. The Morgan fingerprint density at radius 1 is 1.21 bits per heavy atom. The third kappa shape index (κ3) is 4.57. The lowest BCUT2D eigenvalue weighted by Gasteiger charge is -2.13. The molecule has 2 rings (SSSR count). The molecule has 2 amide bonds. The van der Waals surface area contributed by atoms with Crippen LogP contribution in [0.5, 0.6) is 5.75 Å². The van der Waals surface area contributed by atoms with Crippen LogP contribution in [0.15, 0.2) is 29.6 Å². The van der Waals surface area contributed by atoms with Crippen LogP contribution in [0.2, 0.25) is 10.0 Å². The quantitative estimate of drug-likeness (QED) is 0.542. The topological polar surface area (TPSA) is 79.5 Å². The molecule has 10 heteroatoms. The second-order valence-electron chi connectivity index (χ2n) is 4.31. The summed E-state index contributed by atoms with van der Waals surface area (Å²) in [6.07, 6.45) is 0. The van der Waals surface area contributed by atoms with Crippen molar-refractivity contribution in [2.24, 2.45) is 0 Å². The second kappa shape index (κ2) is 8.29. The Morgan fingerprint density at radius 3 is 2.58 bits per heavy atom. The third-order valence-corrected chi connectivity index (χ3v) is 4.29. The van der Waals surface area contributed by atoms with E-state index in [1.807, 2.05) is 0 Å². The Hall–Kier alpha value is -1.87. The maximum Gasteiger partial charge on any atom is 0.279 e. The number of carbonyl (C=O) groups is 2. The molecule has 0 spiro atoms. The van der Waals surface area contributed by atoms with E-state index in [2.05, 4.69) is 16.2 Å². The minimum atomic E-state index is -0.584. The van der Waals surface area contributed by atoms with Gasteiger partial charge in [-0.1, -0.05) is 29.3 Å². The van der Waals surface area contributed by atoms with Crippen molar-refractivity contribution >= 4 is 63.7 Å². The number of halogens is 2. The first-order chi connectivity index (χ1) is 11.4. The smallest absolute Gasteiger partial charge is 0.279 e. The van der Waals surface area contributed by atoms with Gasteiger partial charge in [0, 0.05) is 5.02 Å². The number of benzene rings is 1. The Labute approximate surface area is 157 Å². The maximum atomic E-state index is 12.3. The van der Waals surface area contributed by atoms with E-state index in [1.54, 1.807) is 17.5 Å². The summed E-state index contributed by atoms with van der Waals surface area (Å²) >= 11 is 18.1. The van der Waals surface area contributed by atoms with E-state index in [4.69, 9.17) is 40.2 Å². The number of carbonyl (C=O) groups excluding carboxylic acids is 2. The highest BCUT2D eigenvalue weighted by molar-refractivity contribution is 7.80. The molecule has 0 unspecified atom stereocenters. The number of thiophene rings is 1. The van der Waals surface area contributed by atoms with E-state index >= 15 is 0 Å². The van der Waals surface area contributed by atoms with Crippen molar-refractivity contribution in [1.82, 2.24) is 16.2 Å². The molecule has 0 saturated heterocycles. The van der Waals surface area contributed by atoms with Crippen molar-refractivity contribution in [1.29, 1.82) is 0 Å². The summed E-state index contributed by atoms with van der Waals surface area (Å²) in [4.78, 5) is 24.5. The summed E-state index contributed by atoms with van der Waals surface area (Å²) < 4.78 is 5.10. The zero-order chi connectivity index (χ0) is 17.7. The van der Waals surface area contributed by atoms with E-state index in [0.29, 0.717) is 4.88 Å². The van der Waals surface area contributed by atoms with E-state index in [-0.39, 0.29) is 32.4 Å². The van der Waals surface area contributed by atoms with Crippen molar-refractivity contribution in [3.05, 3.63) is 50.1 Å². The molecule has 0 aliphatic rings. The fourth-order valence-electron chi connectivity index (χ4n) is 1.72. The van der Waals surface area contributed by atoms with Crippen LogP contribution in [0, 0.1) is 0 Å². The normalized spacial score (nSPS) is 9.96. The van der Waals surface area contributed by atoms with Gasteiger partial charge in [0.05, 0.1) is 22.6 Å². The fourth-order valence-corrected chi connectivity index (χ4v) is 3.05. The number of hydrazine groups is 1. The SMILES string of the molecule is COc1c(Cl)cc(Cl)cc1C(=O)NC(=S)NNC(=O)c1cccs1. The zero-order valence-electron chi connectivity index (χ0n) is 12.2. The van der Waals surface area contributed by atoms with E-state index in [0.717, 1.165) is 0 Å². The highest BCUT2D eigenvalue weighted by atomic mass is 35.5. The molecule has 3 N–H and O–H groups in total. The molecule has 1 heterocycles. The Balaban J connectivity index is 1.99. The van der Waals surface area contributed by atoms with Gasteiger partial charge in [-0.15, -0.1) is 11.3 Å². The summed E-state index contributed by atoms with van der Waals surface area (Å²) in [6, 6.07) is 6.25. The molecule has 126 valence electrons. The first kappa shape index (κ1) is 18.5. The van der Waals surface area contributed by atoms with Crippen LogP contribution in [0.1, 0.15) is 20.0 Å². The van der Waals surface area contributed by atoms with Crippen LogP contribution in [-0.4, -0.2) is 24.0 Å². The van der Waals surface area contributed by atoms with Gasteiger partial charge in [0.2, 0.25) is 0 Å². The van der Waals surface area contributed by atoms with Crippen LogP contribution in [-0.2, 0) is 0 Å². The molecule has 24 heavy (non-hydrogen) atoms. The molecule has 0 bridgehead atoms. The van der Waals surface area contributed by atoms with Crippen LogP contribution in [0.3, 0.4) is 0 Å². The van der Waals surface area contributed by atoms with Crippen molar-refractivity contribution < 1.29 is 14.3 Å². The van der Waals surface area contributed by atoms with Gasteiger partial charge in [-0.3, -0.25) is 25.8 Å².